The minimum atomic E-state index is -1.60. The van der Waals surface area contributed by atoms with E-state index in [1.165, 1.54) is 35.2 Å². The van der Waals surface area contributed by atoms with Crippen molar-refractivity contribution in [2.75, 3.05) is 36.4 Å². The number of ketones is 1. The smallest absolute Gasteiger partial charge is 0.412 e. The number of anilines is 2. The van der Waals surface area contributed by atoms with E-state index in [2.05, 4.69) is 5.32 Å². The number of para-hydroxylation sites is 1. The Balaban J connectivity index is 1.43. The molecule has 0 aromatic heterocycles. The number of halogens is 2. The molecule has 4 heterocycles. The number of hydrogen-bond acceptors (Lipinski definition) is 7. The number of fused-ring (bicyclic) bond motifs is 3. The van der Waals surface area contributed by atoms with E-state index in [1.807, 2.05) is 0 Å². The van der Waals surface area contributed by atoms with Crippen molar-refractivity contribution in [1.82, 2.24) is 9.80 Å². The maximum absolute atomic E-state index is 15.5. The largest absolute Gasteiger partial charge is 0.436 e. The van der Waals surface area contributed by atoms with Crippen molar-refractivity contribution in [2.24, 2.45) is 5.73 Å². The summed E-state index contributed by atoms with van der Waals surface area (Å²) in [6.45, 7) is 0.829. The average Bonchev–Trinajstić information content (AvgIpc) is 3.53. The van der Waals surface area contributed by atoms with Gasteiger partial charge in [-0.3, -0.25) is 34.2 Å². The Kier molecular flexibility index (Phi) is 7.52. The second kappa shape index (κ2) is 11.2. The van der Waals surface area contributed by atoms with Crippen molar-refractivity contribution in [3.8, 4) is 0 Å². The molecule has 4 aliphatic heterocycles. The molecule has 0 saturated carbocycles. The average molecular weight is 626 g/mol. The number of nitrogens with two attached hydrogens (primary N) is 1. The third kappa shape index (κ3) is 4.94. The lowest BCUT2D eigenvalue weighted by molar-refractivity contribution is -0.144. The number of nitrogens with zero attached hydrogens (tertiary/aromatic N) is 3. The van der Waals surface area contributed by atoms with Gasteiger partial charge in [0, 0.05) is 25.2 Å². The van der Waals surface area contributed by atoms with Crippen LogP contribution in [-0.4, -0.2) is 77.5 Å². The van der Waals surface area contributed by atoms with Crippen molar-refractivity contribution in [1.29, 1.82) is 0 Å². The Labute approximate surface area is 256 Å². The highest BCUT2D eigenvalue weighted by atomic mass is 35.5. The zero-order valence-corrected chi connectivity index (χ0v) is 24.3. The summed E-state index contributed by atoms with van der Waals surface area (Å²) in [6, 6.07) is 5.51. The molecule has 4 aliphatic rings. The summed E-state index contributed by atoms with van der Waals surface area (Å²) in [7, 11) is 0. The van der Waals surface area contributed by atoms with Crippen LogP contribution in [-0.2, 0) is 24.7 Å². The van der Waals surface area contributed by atoms with Gasteiger partial charge >= 0.3 is 6.09 Å². The monoisotopic (exact) mass is 625 g/mol. The van der Waals surface area contributed by atoms with E-state index in [0.29, 0.717) is 13.1 Å². The number of primary amides is 1. The van der Waals surface area contributed by atoms with E-state index >= 15 is 4.39 Å². The number of nitrogens with one attached hydrogen (secondary N) is 1. The predicted molar refractivity (Wildman–Crippen MR) is 155 cm³/mol. The maximum Gasteiger partial charge on any atom is 0.412 e. The van der Waals surface area contributed by atoms with Crippen LogP contribution in [0.5, 0.6) is 0 Å². The van der Waals surface area contributed by atoms with E-state index in [-0.39, 0.29) is 64.9 Å². The summed E-state index contributed by atoms with van der Waals surface area (Å²) in [5.41, 5.74) is 3.93. The lowest BCUT2D eigenvalue weighted by Crippen LogP contribution is -2.60. The van der Waals surface area contributed by atoms with Gasteiger partial charge in [-0.25, -0.2) is 9.18 Å². The number of rotatable bonds is 5. The highest BCUT2D eigenvalue weighted by Gasteiger charge is 2.51. The van der Waals surface area contributed by atoms with Crippen molar-refractivity contribution in [2.45, 2.75) is 50.2 Å². The molecule has 0 aliphatic carbocycles. The lowest BCUT2D eigenvalue weighted by atomic mass is 9.82. The van der Waals surface area contributed by atoms with Crippen LogP contribution in [0.2, 0.25) is 5.02 Å². The molecule has 230 valence electrons. The molecule has 2 aromatic rings. The molecule has 2 atom stereocenters. The van der Waals surface area contributed by atoms with Crippen LogP contribution < -0.4 is 16.0 Å². The molecular weight excluding hydrogens is 597 g/mol. The summed E-state index contributed by atoms with van der Waals surface area (Å²) in [5.74, 6) is -4.12. The molecule has 6 rings (SSSR count). The Morgan fingerprint density at radius 2 is 1.77 bits per heavy atom. The minimum Gasteiger partial charge on any atom is -0.436 e. The molecule has 14 heteroatoms. The fraction of sp³-hybridized carbons (Fsp3) is 0.400. The van der Waals surface area contributed by atoms with Crippen LogP contribution in [0.1, 0.15) is 64.8 Å². The summed E-state index contributed by atoms with van der Waals surface area (Å²) >= 11 is 6.10. The van der Waals surface area contributed by atoms with Crippen LogP contribution in [0.25, 0.3) is 0 Å². The molecule has 5 amide bonds. The maximum atomic E-state index is 15.5. The fourth-order valence-electron chi connectivity index (χ4n) is 6.72. The van der Waals surface area contributed by atoms with Gasteiger partial charge in [-0.1, -0.05) is 17.7 Å². The quantitative estimate of drug-likeness (QED) is 0.483. The lowest BCUT2D eigenvalue weighted by Gasteiger charge is -2.46. The number of Topliss-reactive ketones (excluding diaryl/α,β-unsaturated/α-hetero) is 1. The summed E-state index contributed by atoms with van der Waals surface area (Å²) in [5, 5.41) is 2.28. The fourth-order valence-corrected chi connectivity index (χ4v) is 6.88. The first kappa shape index (κ1) is 29.5. The summed E-state index contributed by atoms with van der Waals surface area (Å²) < 4.78 is 21.2. The Bertz CT molecular complexity index is 1610. The van der Waals surface area contributed by atoms with Gasteiger partial charge in [0.2, 0.25) is 17.7 Å². The van der Waals surface area contributed by atoms with Crippen LogP contribution in [0.15, 0.2) is 30.3 Å². The number of likely N-dealkylation sites (tertiary alicyclic amines) is 2. The topological polar surface area (TPSA) is 159 Å². The van der Waals surface area contributed by atoms with Gasteiger partial charge in [-0.2, -0.15) is 0 Å². The van der Waals surface area contributed by atoms with Crippen LogP contribution >= 0.6 is 11.6 Å². The van der Waals surface area contributed by atoms with E-state index < -0.39 is 59.9 Å². The van der Waals surface area contributed by atoms with Crippen molar-refractivity contribution < 1.29 is 37.9 Å². The SMILES string of the molecule is NC(=O)c1cccc2c1N([C@@H](CC(=O)N1CCCC1)C(=O)N1CCC[C@@]3(C1)OC(=O)Nc1ccc(Cl)c(F)c13)C(=O)CC2=O. The molecule has 44 heavy (non-hydrogen) atoms. The van der Waals surface area contributed by atoms with E-state index in [1.54, 1.807) is 4.90 Å². The van der Waals surface area contributed by atoms with Gasteiger partial charge in [0.25, 0.3) is 5.91 Å². The Hall–Kier alpha value is -4.52. The number of amides is 5. The summed E-state index contributed by atoms with van der Waals surface area (Å²) in [6.07, 6.45) is 0.188. The molecule has 2 fully saturated rings. The molecule has 0 radical (unpaired) electrons. The number of carbonyl (C=O) groups is 6. The normalized spacial score (nSPS) is 21.9. The van der Waals surface area contributed by atoms with Gasteiger partial charge in [-0.15, -0.1) is 0 Å². The van der Waals surface area contributed by atoms with Gasteiger partial charge in [0.05, 0.1) is 46.9 Å². The van der Waals surface area contributed by atoms with Crippen LogP contribution in [0.4, 0.5) is 20.6 Å². The third-order valence-electron chi connectivity index (χ3n) is 8.69. The number of ether oxygens (including phenoxy) is 1. The minimum absolute atomic E-state index is 0.00667. The second-order valence-electron chi connectivity index (χ2n) is 11.4. The van der Waals surface area contributed by atoms with Crippen LogP contribution in [0.3, 0.4) is 0 Å². The van der Waals surface area contributed by atoms with E-state index in [0.717, 1.165) is 17.7 Å². The molecular formula is C30H29ClFN5O7. The number of hydrogen-bond donors (Lipinski definition) is 2. The standard InChI is InChI=1S/C30H29ClFN5O7/c31-18-7-8-19-24(25(18)32)30(44-29(43)34-19)9-4-12-36(15-30)28(42)20(13-22(39)35-10-1-2-11-35)37-23(40)14-21(38)16-5-3-6-17(26(16)37)27(33)41/h3,5-8,20H,1-2,4,9-15H2,(H2,33,41)(H,34,43)/t20-,30-/m0/s1. The van der Waals surface area contributed by atoms with Crippen LogP contribution in [0, 0.1) is 5.82 Å². The molecule has 1 spiro atoms. The second-order valence-corrected chi connectivity index (χ2v) is 11.8. The Morgan fingerprint density at radius 1 is 1.05 bits per heavy atom. The first-order chi connectivity index (χ1) is 21.0. The molecule has 2 aromatic carbocycles. The molecule has 0 bridgehead atoms. The first-order valence-electron chi connectivity index (χ1n) is 14.3. The number of carbonyl (C=O) groups excluding carboxylic acids is 6. The van der Waals surface area contributed by atoms with Gasteiger partial charge in [0.15, 0.2) is 17.2 Å². The Morgan fingerprint density at radius 3 is 2.50 bits per heavy atom. The third-order valence-corrected chi connectivity index (χ3v) is 8.98. The van der Waals surface area contributed by atoms with E-state index in [9.17, 15) is 28.8 Å². The zero-order chi connectivity index (χ0) is 31.3. The number of benzene rings is 2. The van der Waals surface area contributed by atoms with Gasteiger partial charge in [-0.05, 0) is 49.9 Å². The van der Waals surface area contributed by atoms with Gasteiger partial charge < -0.3 is 20.3 Å². The summed E-state index contributed by atoms with van der Waals surface area (Å²) in [4.78, 5) is 83.5. The predicted octanol–water partition coefficient (Wildman–Crippen LogP) is 2.96. The highest BCUT2D eigenvalue weighted by Crippen LogP contribution is 2.45. The molecule has 12 nitrogen and oxygen atoms in total. The van der Waals surface area contributed by atoms with Crippen molar-refractivity contribution in [3.63, 3.8) is 0 Å². The van der Waals surface area contributed by atoms with E-state index in [4.69, 9.17) is 22.1 Å². The molecule has 0 unspecified atom stereocenters. The van der Waals surface area contributed by atoms with Gasteiger partial charge in [0.1, 0.15) is 6.04 Å². The molecule has 2 saturated heterocycles. The van der Waals surface area contributed by atoms with Crippen molar-refractivity contribution >= 4 is 58.5 Å². The first-order valence-corrected chi connectivity index (χ1v) is 14.7. The molecule has 3 N–H and O–H groups in total. The zero-order valence-electron chi connectivity index (χ0n) is 23.6. The number of piperidine rings is 1. The van der Waals surface area contributed by atoms with Crippen molar-refractivity contribution in [3.05, 3.63) is 57.9 Å². The highest BCUT2D eigenvalue weighted by molar-refractivity contribution is 6.31.